The number of para-hydroxylation sites is 2. The number of imidazole rings is 1. The van der Waals surface area contributed by atoms with Crippen molar-refractivity contribution in [2.24, 2.45) is 0 Å². The predicted octanol–water partition coefficient (Wildman–Crippen LogP) is 9.59. The molecule has 1 heterocycles. The fourth-order valence-corrected chi connectivity index (χ4v) is 7.26. The predicted molar refractivity (Wildman–Crippen MR) is 168 cm³/mol. The fraction of sp³-hybridized carbons (Fsp3) is 0.351. The Balaban J connectivity index is 2.10. The average molecular weight is 729 g/mol. The van der Waals surface area contributed by atoms with Crippen molar-refractivity contribution in [3.05, 3.63) is 110 Å². The number of aromatic nitrogens is 2. The van der Waals surface area contributed by atoms with Gasteiger partial charge in [0.1, 0.15) is 0 Å². The van der Waals surface area contributed by atoms with Gasteiger partial charge in [-0.15, -0.1) is 0 Å². The second kappa shape index (κ2) is 13.2. The van der Waals surface area contributed by atoms with E-state index in [2.05, 4.69) is 123 Å². The van der Waals surface area contributed by atoms with Crippen LogP contribution in [0.4, 0.5) is 0 Å². The summed E-state index contributed by atoms with van der Waals surface area (Å²) in [6, 6.07) is 21.2. The maximum atomic E-state index is 12.0. The zero-order valence-corrected chi connectivity index (χ0v) is 28.0. The molecule has 0 spiro atoms. The standard InChI is InChI=1S/C27H36N2.C10H7O.Au/c1-18(2)22-11-9-12-23(19(3)4)26(22)28-15-16-29(17-28)27-24(20(5)6)13-10-14-25(27)21(7)8;1-3-9-5-4-6-10(7-9)8(2)11;/h9-16,18-21H,1-8H3;4-7H,2H3;. The topological polar surface area (TPSA) is 26.9 Å². The summed E-state index contributed by atoms with van der Waals surface area (Å²) in [5.41, 5.74) is 9.57. The molecule has 0 N–H and O–H groups in total. The van der Waals surface area contributed by atoms with Crippen molar-refractivity contribution in [1.82, 2.24) is 9.13 Å². The van der Waals surface area contributed by atoms with Crippen LogP contribution in [0.2, 0.25) is 0 Å². The van der Waals surface area contributed by atoms with E-state index in [0.29, 0.717) is 29.2 Å². The Morgan fingerprint density at radius 2 is 1.07 bits per heavy atom. The van der Waals surface area contributed by atoms with E-state index in [1.807, 2.05) is 24.3 Å². The molecule has 0 bridgehead atoms. The van der Waals surface area contributed by atoms with Crippen molar-refractivity contribution in [3.63, 3.8) is 0 Å². The van der Waals surface area contributed by atoms with Gasteiger partial charge in [0.05, 0.1) is 0 Å². The number of nitrogens with zero attached hydrogens (tertiary/aromatic N) is 2. The van der Waals surface area contributed by atoms with Gasteiger partial charge in [0.25, 0.3) is 0 Å². The number of hydrogen-bond donors (Lipinski definition) is 0. The van der Waals surface area contributed by atoms with E-state index in [-0.39, 0.29) is 5.78 Å². The van der Waals surface area contributed by atoms with Crippen LogP contribution in [-0.4, -0.2) is 14.9 Å². The molecule has 0 aliphatic carbocycles. The molecule has 0 aliphatic heterocycles. The van der Waals surface area contributed by atoms with Crippen LogP contribution in [0.25, 0.3) is 11.4 Å². The summed E-state index contributed by atoms with van der Waals surface area (Å²) < 4.78 is 9.66. The van der Waals surface area contributed by atoms with Gasteiger partial charge in [-0.2, -0.15) is 0 Å². The SMILES string of the molecule is CC(=O)c1cccc(C#[C][Au]=[c]2n(-c3c(C(C)C)cccc3C(C)C)ccn2-c2c(C(C)C)cccc2C(C)C)c1. The van der Waals surface area contributed by atoms with E-state index in [1.165, 1.54) is 37.3 Å². The molecule has 0 unspecified atom stereocenters. The van der Waals surface area contributed by atoms with Gasteiger partial charge in [-0.25, -0.2) is 0 Å². The van der Waals surface area contributed by atoms with E-state index in [4.69, 9.17) is 0 Å². The van der Waals surface area contributed by atoms with E-state index in [0.717, 1.165) is 5.56 Å². The minimum atomic E-state index is -0.582. The number of benzene rings is 3. The number of rotatable bonds is 7. The van der Waals surface area contributed by atoms with Crippen molar-refractivity contribution >= 4 is 5.78 Å². The summed E-state index contributed by atoms with van der Waals surface area (Å²) in [6.45, 7) is 19.8. The van der Waals surface area contributed by atoms with Gasteiger partial charge in [0.15, 0.2) is 0 Å². The first kappa shape index (κ1) is 30.8. The third-order valence-corrected chi connectivity index (χ3v) is 9.52. The van der Waals surface area contributed by atoms with Crippen LogP contribution in [0.15, 0.2) is 73.1 Å². The molecular weight excluding hydrogens is 685 g/mol. The van der Waals surface area contributed by atoms with Crippen molar-refractivity contribution in [3.8, 4) is 21.4 Å². The second-order valence-corrected chi connectivity index (χ2v) is 13.9. The molecule has 0 atom stereocenters. The Hall–Kier alpha value is -3.16. The van der Waals surface area contributed by atoms with Gasteiger partial charge in [-0.05, 0) is 0 Å². The Labute approximate surface area is 255 Å². The molecule has 218 valence electrons. The molecule has 4 aromatic rings. The van der Waals surface area contributed by atoms with Crippen molar-refractivity contribution in [2.45, 2.75) is 86.0 Å². The van der Waals surface area contributed by atoms with Crippen LogP contribution >= 0.6 is 0 Å². The summed E-state index contributed by atoms with van der Waals surface area (Å²) >= 11 is -0.582. The number of ketones is 1. The van der Waals surface area contributed by atoms with Crippen molar-refractivity contribution in [2.75, 3.05) is 0 Å². The molecule has 0 saturated heterocycles. The van der Waals surface area contributed by atoms with Crippen LogP contribution in [-0.2, 0) is 19.3 Å². The zero-order valence-electron chi connectivity index (χ0n) is 25.8. The number of hydrogen-bond acceptors (Lipinski definition) is 1. The van der Waals surface area contributed by atoms with Gasteiger partial charge in [0, 0.05) is 0 Å². The molecule has 0 saturated carbocycles. The van der Waals surface area contributed by atoms with Gasteiger partial charge in [0.2, 0.25) is 0 Å². The summed E-state index contributed by atoms with van der Waals surface area (Å²) in [7, 11) is 0. The molecule has 4 heteroatoms. The molecule has 4 rings (SSSR count). The van der Waals surface area contributed by atoms with Gasteiger partial charge in [-0.1, -0.05) is 0 Å². The van der Waals surface area contributed by atoms with Crippen LogP contribution < -0.4 is 0 Å². The monoisotopic (exact) mass is 728 g/mol. The first-order chi connectivity index (χ1) is 19.5. The van der Waals surface area contributed by atoms with Crippen LogP contribution in [0.5, 0.6) is 0 Å². The van der Waals surface area contributed by atoms with Crippen molar-refractivity contribution < 1.29 is 24.1 Å². The van der Waals surface area contributed by atoms with E-state index in [9.17, 15) is 4.79 Å². The second-order valence-electron chi connectivity index (χ2n) is 11.9. The van der Waals surface area contributed by atoms with Crippen LogP contribution in [0, 0.1) is 13.7 Å². The quantitative estimate of drug-likeness (QED) is 0.106. The van der Waals surface area contributed by atoms with Gasteiger partial charge >= 0.3 is 256 Å². The Bertz CT molecular complexity index is 1550. The normalized spacial score (nSPS) is 11.5. The summed E-state index contributed by atoms with van der Waals surface area (Å²) in [5, 5.41) is 0. The number of carbonyl (C=O) groups excluding carboxylic acids is 1. The molecule has 0 fully saturated rings. The molecule has 3 nitrogen and oxygen atoms in total. The average Bonchev–Trinajstić information content (AvgIpc) is 3.35. The maximum absolute atomic E-state index is 12.0. The first-order valence-corrected chi connectivity index (χ1v) is 16.7. The number of Topliss-reactive ketones (excluding diaryl/α,β-unsaturated/α-hetero) is 1. The molecule has 0 radical (unpaired) electrons. The minimum absolute atomic E-state index is 0.0620. The van der Waals surface area contributed by atoms with E-state index in [1.54, 1.807) is 6.92 Å². The van der Waals surface area contributed by atoms with E-state index >= 15 is 0 Å². The van der Waals surface area contributed by atoms with Gasteiger partial charge in [-0.3, -0.25) is 0 Å². The molecular formula is C37H43AuN2O. The fourth-order valence-electron chi connectivity index (χ4n) is 5.24. The Morgan fingerprint density at radius 1 is 0.659 bits per heavy atom. The van der Waals surface area contributed by atoms with Crippen LogP contribution in [0.1, 0.15) is 124 Å². The molecule has 0 aliphatic rings. The molecule has 0 amide bonds. The van der Waals surface area contributed by atoms with E-state index < -0.39 is 19.3 Å². The van der Waals surface area contributed by atoms with Crippen LogP contribution in [0.3, 0.4) is 0 Å². The van der Waals surface area contributed by atoms with Crippen molar-refractivity contribution in [1.29, 1.82) is 0 Å². The summed E-state index contributed by atoms with van der Waals surface area (Å²) in [6.07, 6.45) is 4.50. The first-order valence-electron chi connectivity index (χ1n) is 14.6. The Kier molecular flexibility index (Phi) is 9.92. The molecule has 41 heavy (non-hydrogen) atoms. The zero-order chi connectivity index (χ0) is 29.8. The third kappa shape index (κ3) is 6.68. The molecule has 3 aromatic carbocycles. The van der Waals surface area contributed by atoms with Gasteiger partial charge < -0.3 is 0 Å². The summed E-state index contributed by atoms with van der Waals surface area (Å²) in [4.78, 5) is 12.0. The Morgan fingerprint density at radius 3 is 1.46 bits per heavy atom. The third-order valence-electron chi connectivity index (χ3n) is 7.45. The number of carbonyl (C=O) groups is 1. The molecule has 1 aromatic heterocycles. The summed E-state index contributed by atoms with van der Waals surface area (Å²) in [5.74, 6) is 5.01.